The lowest BCUT2D eigenvalue weighted by molar-refractivity contribution is -0.684. The molecule has 0 aliphatic rings. The summed E-state index contributed by atoms with van der Waals surface area (Å²) in [5.41, 5.74) is 2.93. The van der Waals surface area contributed by atoms with Crippen LogP contribution in [-0.2, 0) is 11.3 Å². The number of nitrogens with one attached hydrogen (secondary N) is 2. The van der Waals surface area contributed by atoms with Crippen LogP contribution in [0.15, 0.2) is 79.1 Å². The van der Waals surface area contributed by atoms with E-state index in [0.717, 1.165) is 11.3 Å². The zero-order valence-corrected chi connectivity index (χ0v) is 15.6. The van der Waals surface area contributed by atoms with Crippen LogP contribution in [0.4, 0.5) is 11.4 Å². The lowest BCUT2D eigenvalue weighted by Gasteiger charge is -2.08. The van der Waals surface area contributed by atoms with Gasteiger partial charge in [-0.25, -0.2) is 0 Å². The van der Waals surface area contributed by atoms with Gasteiger partial charge >= 0.3 is 0 Å². The summed E-state index contributed by atoms with van der Waals surface area (Å²) in [5.74, 6) is -0.375. The zero-order valence-electron chi connectivity index (χ0n) is 14.9. The van der Waals surface area contributed by atoms with Gasteiger partial charge in [0.1, 0.15) is 0 Å². The molecule has 0 saturated carbocycles. The number of aromatic nitrogens is 1. The first-order valence-corrected chi connectivity index (χ1v) is 8.32. The standard InChI is InChI=1S/C21H19N3O2.ClH/c1-16-8-10-18(11-9-16)23-21(26)17-6-5-7-19(14-17)22-20(25)15-24-12-3-2-4-13-24;/h2-14H,15H2,1H3,(H-,22,23,25,26);1H. The molecule has 0 saturated heterocycles. The highest BCUT2D eigenvalue weighted by atomic mass is 35.5. The van der Waals surface area contributed by atoms with E-state index in [1.807, 2.05) is 61.8 Å². The number of pyridine rings is 1. The van der Waals surface area contributed by atoms with E-state index in [0.29, 0.717) is 11.3 Å². The summed E-state index contributed by atoms with van der Waals surface area (Å²) in [6.45, 7) is 2.20. The molecule has 5 nitrogen and oxygen atoms in total. The molecule has 2 amide bonds. The van der Waals surface area contributed by atoms with Gasteiger partial charge in [-0.05, 0) is 37.3 Å². The van der Waals surface area contributed by atoms with Crippen molar-refractivity contribution < 1.29 is 26.6 Å². The van der Waals surface area contributed by atoms with E-state index < -0.39 is 0 Å². The molecule has 3 aromatic rings. The van der Waals surface area contributed by atoms with Crippen molar-refractivity contribution in [1.82, 2.24) is 0 Å². The third-order valence-electron chi connectivity index (χ3n) is 3.82. The van der Waals surface area contributed by atoms with Crippen molar-refractivity contribution in [3.63, 3.8) is 0 Å². The Morgan fingerprint density at radius 2 is 1.56 bits per heavy atom. The third-order valence-corrected chi connectivity index (χ3v) is 3.82. The Kier molecular flexibility index (Phi) is 7.08. The highest BCUT2D eigenvalue weighted by Gasteiger charge is 2.11. The number of halogens is 1. The van der Waals surface area contributed by atoms with Gasteiger partial charge < -0.3 is 23.0 Å². The first kappa shape index (κ1) is 20.1. The fourth-order valence-corrected chi connectivity index (χ4v) is 2.48. The number of amides is 2. The van der Waals surface area contributed by atoms with Gasteiger partial charge in [0.05, 0.1) is 0 Å². The summed E-state index contributed by atoms with van der Waals surface area (Å²) in [6.07, 6.45) is 3.65. The Balaban J connectivity index is 0.00000261. The summed E-state index contributed by atoms with van der Waals surface area (Å²) < 4.78 is 1.78. The minimum atomic E-state index is -0.220. The van der Waals surface area contributed by atoms with Crippen LogP contribution < -0.4 is 27.6 Å². The van der Waals surface area contributed by atoms with Crippen molar-refractivity contribution in [3.05, 3.63) is 90.3 Å². The topological polar surface area (TPSA) is 62.1 Å². The number of hydrogen-bond acceptors (Lipinski definition) is 2. The number of carbonyl (C=O) groups is 2. The van der Waals surface area contributed by atoms with E-state index in [2.05, 4.69) is 10.6 Å². The van der Waals surface area contributed by atoms with Gasteiger partial charge in [-0.2, -0.15) is 4.57 Å². The van der Waals surface area contributed by atoms with Crippen LogP contribution in [0.2, 0.25) is 0 Å². The SMILES string of the molecule is Cc1ccc(NC(=O)c2cccc(NC(=O)C[n+]3ccccc3)c2)cc1.[Cl-]. The van der Waals surface area contributed by atoms with Gasteiger partial charge in [0.25, 0.3) is 11.8 Å². The molecule has 0 bridgehead atoms. The number of hydrogen-bond donors (Lipinski definition) is 2. The summed E-state index contributed by atoms with van der Waals surface area (Å²) >= 11 is 0. The Morgan fingerprint density at radius 3 is 2.26 bits per heavy atom. The van der Waals surface area contributed by atoms with Crippen LogP contribution in [-0.4, -0.2) is 11.8 Å². The Morgan fingerprint density at radius 1 is 0.852 bits per heavy atom. The normalized spacial score (nSPS) is 9.81. The number of anilines is 2. The van der Waals surface area contributed by atoms with E-state index in [-0.39, 0.29) is 30.8 Å². The van der Waals surface area contributed by atoms with E-state index in [9.17, 15) is 9.59 Å². The highest BCUT2D eigenvalue weighted by Crippen LogP contribution is 2.14. The molecule has 0 spiro atoms. The van der Waals surface area contributed by atoms with Gasteiger partial charge in [0.2, 0.25) is 6.54 Å². The van der Waals surface area contributed by atoms with Crippen LogP contribution in [0.25, 0.3) is 0 Å². The maximum absolute atomic E-state index is 12.4. The second-order valence-corrected chi connectivity index (χ2v) is 6.00. The summed E-state index contributed by atoms with van der Waals surface area (Å²) in [4.78, 5) is 24.6. The molecule has 0 unspecified atom stereocenters. The van der Waals surface area contributed by atoms with E-state index in [4.69, 9.17) is 0 Å². The molecule has 1 aromatic heterocycles. The van der Waals surface area contributed by atoms with Crippen molar-refractivity contribution in [2.45, 2.75) is 13.5 Å². The van der Waals surface area contributed by atoms with E-state index >= 15 is 0 Å². The smallest absolute Gasteiger partial charge is 0.290 e. The Labute approximate surface area is 164 Å². The molecule has 6 heteroatoms. The van der Waals surface area contributed by atoms with Crippen molar-refractivity contribution in [3.8, 4) is 0 Å². The number of nitrogens with zero attached hydrogens (tertiary/aromatic N) is 1. The molecule has 0 atom stereocenters. The lowest BCUT2D eigenvalue weighted by Crippen LogP contribution is -3.00. The predicted molar refractivity (Wildman–Crippen MR) is 101 cm³/mol. The Hall–Kier alpha value is -3.18. The zero-order chi connectivity index (χ0) is 18.4. The Bertz CT molecular complexity index is 912. The fourth-order valence-electron chi connectivity index (χ4n) is 2.48. The number of rotatable bonds is 5. The molecule has 2 aromatic carbocycles. The fraction of sp³-hybridized carbons (Fsp3) is 0.0952. The van der Waals surface area contributed by atoms with Gasteiger partial charge in [0, 0.05) is 29.1 Å². The molecule has 138 valence electrons. The maximum atomic E-state index is 12.4. The number of aryl methyl sites for hydroxylation is 1. The second-order valence-electron chi connectivity index (χ2n) is 6.00. The van der Waals surface area contributed by atoms with Crippen molar-refractivity contribution in [1.29, 1.82) is 0 Å². The van der Waals surface area contributed by atoms with Crippen LogP contribution in [0.1, 0.15) is 15.9 Å². The minimum Gasteiger partial charge on any atom is -1.00 e. The largest absolute Gasteiger partial charge is 1.00 e. The summed E-state index contributed by atoms with van der Waals surface area (Å²) in [7, 11) is 0. The first-order chi connectivity index (χ1) is 12.6. The summed E-state index contributed by atoms with van der Waals surface area (Å²) in [6, 6.07) is 20.1. The molecule has 27 heavy (non-hydrogen) atoms. The molecule has 2 N–H and O–H groups in total. The van der Waals surface area contributed by atoms with Crippen LogP contribution in [0.3, 0.4) is 0 Å². The average Bonchev–Trinajstić information content (AvgIpc) is 2.64. The van der Waals surface area contributed by atoms with E-state index in [1.165, 1.54) is 0 Å². The van der Waals surface area contributed by atoms with Crippen molar-refractivity contribution in [2.75, 3.05) is 10.6 Å². The molecule has 0 aliphatic heterocycles. The van der Waals surface area contributed by atoms with Crippen LogP contribution in [0, 0.1) is 6.92 Å². The molecular weight excluding hydrogens is 362 g/mol. The first-order valence-electron chi connectivity index (χ1n) is 8.32. The lowest BCUT2D eigenvalue weighted by atomic mass is 10.1. The number of benzene rings is 2. The quantitative estimate of drug-likeness (QED) is 0.619. The van der Waals surface area contributed by atoms with Crippen molar-refractivity contribution in [2.24, 2.45) is 0 Å². The molecule has 0 fully saturated rings. The molecule has 3 rings (SSSR count). The van der Waals surface area contributed by atoms with Crippen LogP contribution in [0.5, 0.6) is 0 Å². The summed E-state index contributed by atoms with van der Waals surface area (Å²) in [5, 5.41) is 5.67. The monoisotopic (exact) mass is 381 g/mol. The number of carbonyl (C=O) groups excluding carboxylic acids is 2. The van der Waals surface area contributed by atoms with Gasteiger partial charge in [-0.3, -0.25) is 9.59 Å². The van der Waals surface area contributed by atoms with Crippen molar-refractivity contribution >= 4 is 23.2 Å². The van der Waals surface area contributed by atoms with Gasteiger partial charge in [-0.1, -0.05) is 29.8 Å². The molecule has 1 heterocycles. The predicted octanol–water partition coefficient (Wildman–Crippen LogP) is 0.178. The second kappa shape index (κ2) is 9.50. The van der Waals surface area contributed by atoms with E-state index in [1.54, 1.807) is 28.8 Å². The molecular formula is C21H20ClN3O2. The molecule has 0 aliphatic carbocycles. The van der Waals surface area contributed by atoms with Gasteiger partial charge in [0.15, 0.2) is 12.4 Å². The molecule has 0 radical (unpaired) electrons. The van der Waals surface area contributed by atoms with Crippen LogP contribution >= 0.6 is 0 Å². The third kappa shape index (κ3) is 5.94. The van der Waals surface area contributed by atoms with Gasteiger partial charge in [-0.15, -0.1) is 0 Å². The maximum Gasteiger partial charge on any atom is 0.290 e. The highest BCUT2D eigenvalue weighted by molar-refractivity contribution is 6.05. The average molecular weight is 382 g/mol. The minimum absolute atomic E-state index is 0.